The first-order valence-corrected chi connectivity index (χ1v) is 10.6. The summed E-state index contributed by atoms with van der Waals surface area (Å²) in [7, 11) is 0. The Kier molecular flexibility index (Phi) is 5.46. The molecule has 1 spiro atoms. The van der Waals surface area contributed by atoms with Gasteiger partial charge in [0.15, 0.2) is 5.78 Å². The minimum Gasteiger partial charge on any atom is -0.485 e. The lowest BCUT2D eigenvalue weighted by Gasteiger charge is -2.57. The Hall–Kier alpha value is -3.32. The number of halogens is 3. The third-order valence-electron chi connectivity index (χ3n) is 6.87. The Morgan fingerprint density at radius 2 is 1.53 bits per heavy atom. The van der Waals surface area contributed by atoms with Crippen molar-refractivity contribution in [2.45, 2.75) is 56.7 Å². The van der Waals surface area contributed by atoms with Crippen LogP contribution in [-0.2, 0) is 6.18 Å². The SMILES string of the molecule is N#CCCC1(CCC#N)C(=O)c2ccc(-c3ccc(C(F)(F)F)cc3)cc2OC12CCC2. The quantitative estimate of drug-likeness (QED) is 0.537. The molecule has 2 aliphatic rings. The van der Waals surface area contributed by atoms with Gasteiger partial charge in [0, 0.05) is 12.8 Å². The number of Topliss-reactive ketones (excluding diaryl/α,β-unsaturated/α-hetero) is 1. The zero-order valence-corrected chi connectivity index (χ0v) is 17.3. The normalized spacial score (nSPS) is 18.1. The summed E-state index contributed by atoms with van der Waals surface area (Å²) in [6.45, 7) is 0. The van der Waals surface area contributed by atoms with Gasteiger partial charge in [0.25, 0.3) is 0 Å². The molecule has 2 aromatic carbocycles. The summed E-state index contributed by atoms with van der Waals surface area (Å²) in [5, 5.41) is 18.3. The number of benzene rings is 2. The lowest BCUT2D eigenvalue weighted by molar-refractivity contribution is -0.137. The van der Waals surface area contributed by atoms with Crippen molar-refractivity contribution in [1.29, 1.82) is 10.5 Å². The Labute approximate surface area is 184 Å². The van der Waals surface area contributed by atoms with Crippen LogP contribution in [0.2, 0.25) is 0 Å². The number of fused-ring (bicyclic) bond motifs is 1. The highest BCUT2D eigenvalue weighted by Crippen LogP contribution is 2.59. The van der Waals surface area contributed by atoms with E-state index in [0.29, 0.717) is 48.1 Å². The minimum atomic E-state index is -4.41. The van der Waals surface area contributed by atoms with Gasteiger partial charge in [0.2, 0.25) is 0 Å². The molecule has 0 N–H and O–H groups in total. The van der Waals surface area contributed by atoms with E-state index < -0.39 is 22.8 Å². The number of rotatable bonds is 5. The van der Waals surface area contributed by atoms with Gasteiger partial charge in [-0.05, 0) is 67.5 Å². The molecule has 164 valence electrons. The highest BCUT2D eigenvalue weighted by molar-refractivity contribution is 6.05. The van der Waals surface area contributed by atoms with E-state index in [-0.39, 0.29) is 18.6 Å². The molecule has 1 aliphatic heterocycles. The number of nitrogens with zero attached hydrogens (tertiary/aromatic N) is 2. The van der Waals surface area contributed by atoms with E-state index >= 15 is 0 Å². The second-order valence-corrected chi connectivity index (χ2v) is 8.46. The van der Waals surface area contributed by atoms with Crippen LogP contribution < -0.4 is 4.74 Å². The predicted octanol–water partition coefficient (Wildman–Crippen LogP) is 6.46. The first-order valence-electron chi connectivity index (χ1n) is 10.6. The molecule has 0 unspecified atom stereocenters. The molecule has 0 saturated heterocycles. The number of alkyl halides is 3. The van der Waals surface area contributed by atoms with Crippen molar-refractivity contribution in [3.63, 3.8) is 0 Å². The standard InChI is InChI=1S/C25H21F3N2O2/c26-25(27,28)19-7-4-17(5-8-19)18-6-9-20-21(16-18)32-24(12-1-13-24)23(22(20)31,10-2-14-29)11-3-15-30/h4-9,16H,1-3,10-13H2. The number of hydrogen-bond acceptors (Lipinski definition) is 4. The molecule has 0 amide bonds. The first kappa shape index (κ1) is 21.9. The third kappa shape index (κ3) is 3.42. The number of carbonyl (C=O) groups excluding carboxylic acids is 1. The summed E-state index contributed by atoms with van der Waals surface area (Å²) in [4.78, 5) is 13.7. The van der Waals surface area contributed by atoms with E-state index in [1.807, 2.05) is 0 Å². The maximum absolute atomic E-state index is 13.7. The van der Waals surface area contributed by atoms with Gasteiger partial charge in [-0.3, -0.25) is 4.79 Å². The second kappa shape index (κ2) is 7.98. The molecule has 4 nitrogen and oxygen atoms in total. The van der Waals surface area contributed by atoms with E-state index in [2.05, 4.69) is 12.1 Å². The molecule has 0 aromatic heterocycles. The summed E-state index contributed by atoms with van der Waals surface area (Å²) in [5.41, 5.74) is -0.747. The van der Waals surface area contributed by atoms with Crippen molar-refractivity contribution in [2.24, 2.45) is 5.41 Å². The summed E-state index contributed by atoms with van der Waals surface area (Å²) < 4.78 is 45.1. The third-order valence-corrected chi connectivity index (χ3v) is 6.87. The molecule has 0 atom stereocenters. The summed E-state index contributed by atoms with van der Waals surface area (Å²) in [6.07, 6.45) is -1.12. The summed E-state index contributed by atoms with van der Waals surface area (Å²) in [6, 6.07) is 14.1. The van der Waals surface area contributed by atoms with Crippen LogP contribution in [0.25, 0.3) is 11.1 Å². The molecule has 1 fully saturated rings. The summed E-state index contributed by atoms with van der Waals surface area (Å²) >= 11 is 0. The molecule has 32 heavy (non-hydrogen) atoms. The van der Waals surface area contributed by atoms with Crippen molar-refractivity contribution >= 4 is 5.78 Å². The van der Waals surface area contributed by atoms with Gasteiger partial charge in [-0.2, -0.15) is 23.7 Å². The Morgan fingerprint density at radius 3 is 2.03 bits per heavy atom. The lowest BCUT2D eigenvalue weighted by atomic mass is 9.53. The fraction of sp³-hybridized carbons (Fsp3) is 0.400. The van der Waals surface area contributed by atoms with Gasteiger partial charge in [0.1, 0.15) is 11.4 Å². The first-order chi connectivity index (χ1) is 15.3. The van der Waals surface area contributed by atoms with Gasteiger partial charge >= 0.3 is 6.18 Å². The highest BCUT2D eigenvalue weighted by atomic mass is 19.4. The zero-order chi connectivity index (χ0) is 23.0. The van der Waals surface area contributed by atoms with Crippen LogP contribution in [0.3, 0.4) is 0 Å². The fourth-order valence-corrected chi connectivity index (χ4v) is 5.02. The number of ketones is 1. The maximum Gasteiger partial charge on any atom is 0.416 e. The molecule has 1 heterocycles. The number of ether oxygens (including phenoxy) is 1. The maximum atomic E-state index is 13.7. The monoisotopic (exact) mass is 438 g/mol. The zero-order valence-electron chi connectivity index (χ0n) is 17.3. The average Bonchev–Trinajstić information content (AvgIpc) is 2.75. The van der Waals surface area contributed by atoms with Crippen molar-refractivity contribution in [2.75, 3.05) is 0 Å². The fourth-order valence-electron chi connectivity index (χ4n) is 5.02. The Balaban J connectivity index is 1.74. The molecular formula is C25H21F3N2O2. The smallest absolute Gasteiger partial charge is 0.416 e. The van der Waals surface area contributed by atoms with Gasteiger partial charge in [-0.15, -0.1) is 0 Å². The second-order valence-electron chi connectivity index (χ2n) is 8.46. The van der Waals surface area contributed by atoms with Crippen LogP contribution >= 0.6 is 0 Å². The molecule has 1 aliphatic carbocycles. The van der Waals surface area contributed by atoms with E-state index in [1.165, 1.54) is 12.1 Å². The topological polar surface area (TPSA) is 73.9 Å². The van der Waals surface area contributed by atoms with Crippen LogP contribution in [0.15, 0.2) is 42.5 Å². The van der Waals surface area contributed by atoms with E-state index in [4.69, 9.17) is 4.74 Å². The van der Waals surface area contributed by atoms with Gasteiger partial charge in [0.05, 0.1) is 28.7 Å². The van der Waals surface area contributed by atoms with Gasteiger partial charge < -0.3 is 4.74 Å². The van der Waals surface area contributed by atoms with Crippen LogP contribution in [0, 0.1) is 28.1 Å². The molecule has 0 radical (unpaired) electrons. The van der Waals surface area contributed by atoms with Crippen molar-refractivity contribution < 1.29 is 22.7 Å². The van der Waals surface area contributed by atoms with Gasteiger partial charge in [-0.25, -0.2) is 0 Å². The van der Waals surface area contributed by atoms with E-state index in [9.17, 15) is 28.5 Å². The average molecular weight is 438 g/mol. The van der Waals surface area contributed by atoms with Crippen molar-refractivity contribution in [3.05, 3.63) is 53.6 Å². The lowest BCUT2D eigenvalue weighted by Crippen LogP contribution is -2.63. The Bertz CT molecular complexity index is 1100. The predicted molar refractivity (Wildman–Crippen MR) is 111 cm³/mol. The van der Waals surface area contributed by atoms with Crippen LogP contribution in [0.5, 0.6) is 5.75 Å². The van der Waals surface area contributed by atoms with Crippen LogP contribution in [0.1, 0.15) is 60.9 Å². The number of carbonyl (C=O) groups is 1. The van der Waals surface area contributed by atoms with E-state index in [1.54, 1.807) is 18.2 Å². The van der Waals surface area contributed by atoms with Crippen LogP contribution in [-0.4, -0.2) is 11.4 Å². The number of nitriles is 2. The van der Waals surface area contributed by atoms with E-state index in [0.717, 1.165) is 18.6 Å². The van der Waals surface area contributed by atoms with Crippen LogP contribution in [0.4, 0.5) is 13.2 Å². The van der Waals surface area contributed by atoms with Gasteiger partial charge in [-0.1, -0.05) is 18.2 Å². The molecule has 1 saturated carbocycles. The molecular weight excluding hydrogens is 417 g/mol. The van der Waals surface area contributed by atoms with Crippen molar-refractivity contribution in [3.8, 4) is 29.0 Å². The summed E-state index contributed by atoms with van der Waals surface area (Å²) in [5.74, 6) is 0.305. The largest absolute Gasteiger partial charge is 0.485 e. The molecule has 0 bridgehead atoms. The highest BCUT2D eigenvalue weighted by Gasteiger charge is 2.63. The van der Waals surface area contributed by atoms with Crippen molar-refractivity contribution in [1.82, 2.24) is 0 Å². The molecule has 4 rings (SSSR count). The number of hydrogen-bond donors (Lipinski definition) is 0. The molecule has 7 heteroatoms. The minimum absolute atomic E-state index is 0.108. The Morgan fingerprint density at radius 1 is 0.938 bits per heavy atom. The molecule has 2 aromatic rings.